The van der Waals surface area contributed by atoms with Crippen LogP contribution < -0.4 is 0 Å². The summed E-state index contributed by atoms with van der Waals surface area (Å²) in [6.45, 7) is 3.61. The highest BCUT2D eigenvalue weighted by Crippen LogP contribution is 2.30. The van der Waals surface area contributed by atoms with Gasteiger partial charge in [-0.1, -0.05) is 13.3 Å². The van der Waals surface area contributed by atoms with Crippen LogP contribution >= 0.6 is 11.8 Å². The molecule has 2 fully saturated rings. The van der Waals surface area contributed by atoms with Gasteiger partial charge in [0.15, 0.2) is 0 Å². The zero-order chi connectivity index (χ0) is 14.5. The SMILES string of the molecule is CC(CC(=O)O)C1CCCN(C(=O)C2CCCCS2)C1. The van der Waals surface area contributed by atoms with Gasteiger partial charge in [-0.15, -0.1) is 11.8 Å². The lowest BCUT2D eigenvalue weighted by molar-refractivity contribution is -0.138. The number of aliphatic carboxylic acids is 1. The molecule has 0 aromatic carbocycles. The number of piperidine rings is 1. The van der Waals surface area contributed by atoms with Gasteiger partial charge in [0, 0.05) is 19.5 Å². The molecule has 0 spiro atoms. The van der Waals surface area contributed by atoms with E-state index in [2.05, 4.69) is 0 Å². The van der Waals surface area contributed by atoms with Crippen LogP contribution in [0.25, 0.3) is 0 Å². The van der Waals surface area contributed by atoms with Crippen LogP contribution in [0.5, 0.6) is 0 Å². The van der Waals surface area contributed by atoms with E-state index in [0.29, 0.717) is 11.8 Å². The van der Waals surface area contributed by atoms with E-state index in [1.54, 1.807) is 11.8 Å². The lowest BCUT2D eigenvalue weighted by atomic mass is 9.84. The van der Waals surface area contributed by atoms with Crippen LogP contribution in [0.15, 0.2) is 0 Å². The van der Waals surface area contributed by atoms with Crippen molar-refractivity contribution in [2.45, 2.75) is 50.7 Å². The van der Waals surface area contributed by atoms with E-state index in [1.165, 1.54) is 6.42 Å². The predicted molar refractivity (Wildman–Crippen MR) is 80.8 cm³/mol. The first-order valence-corrected chi connectivity index (χ1v) is 8.75. The van der Waals surface area contributed by atoms with E-state index < -0.39 is 5.97 Å². The summed E-state index contributed by atoms with van der Waals surface area (Å²) in [5.74, 6) is 1.16. The molecule has 0 radical (unpaired) electrons. The Labute approximate surface area is 125 Å². The van der Waals surface area contributed by atoms with Gasteiger partial charge < -0.3 is 10.0 Å². The van der Waals surface area contributed by atoms with E-state index in [1.807, 2.05) is 11.8 Å². The molecule has 20 heavy (non-hydrogen) atoms. The minimum Gasteiger partial charge on any atom is -0.481 e. The first-order valence-electron chi connectivity index (χ1n) is 7.70. The number of carboxylic acids is 1. The molecule has 2 aliphatic rings. The normalized spacial score (nSPS) is 28.9. The van der Waals surface area contributed by atoms with Crippen molar-refractivity contribution < 1.29 is 14.7 Å². The average molecular weight is 299 g/mol. The van der Waals surface area contributed by atoms with Crippen molar-refractivity contribution in [1.82, 2.24) is 4.90 Å². The molecule has 4 nitrogen and oxygen atoms in total. The number of rotatable bonds is 4. The van der Waals surface area contributed by atoms with Crippen molar-refractivity contribution in [2.24, 2.45) is 11.8 Å². The number of carboxylic acid groups (broad SMARTS) is 1. The Hall–Kier alpha value is -0.710. The van der Waals surface area contributed by atoms with Crippen molar-refractivity contribution in [2.75, 3.05) is 18.8 Å². The summed E-state index contributed by atoms with van der Waals surface area (Å²) >= 11 is 1.80. The summed E-state index contributed by atoms with van der Waals surface area (Å²) in [6, 6.07) is 0. The third kappa shape index (κ3) is 4.14. The molecule has 114 valence electrons. The second-order valence-corrected chi connectivity index (χ2v) is 7.43. The summed E-state index contributed by atoms with van der Waals surface area (Å²) in [4.78, 5) is 25.4. The van der Waals surface area contributed by atoms with E-state index in [0.717, 1.165) is 44.5 Å². The van der Waals surface area contributed by atoms with Crippen molar-refractivity contribution in [1.29, 1.82) is 0 Å². The number of hydrogen-bond acceptors (Lipinski definition) is 3. The van der Waals surface area contributed by atoms with Crippen LogP contribution in [0, 0.1) is 11.8 Å². The Morgan fingerprint density at radius 2 is 2.10 bits per heavy atom. The molecular formula is C15H25NO3S. The van der Waals surface area contributed by atoms with Gasteiger partial charge in [-0.25, -0.2) is 0 Å². The number of carbonyl (C=O) groups is 2. The highest BCUT2D eigenvalue weighted by molar-refractivity contribution is 8.00. The standard InChI is InChI=1S/C15H25NO3S/c1-11(9-14(17)18)12-5-4-7-16(10-12)15(19)13-6-2-3-8-20-13/h11-13H,2-10H2,1H3,(H,17,18). The first kappa shape index (κ1) is 15.7. The number of carbonyl (C=O) groups excluding carboxylic acids is 1. The summed E-state index contributed by atoms with van der Waals surface area (Å²) in [6.07, 6.45) is 5.68. The maximum Gasteiger partial charge on any atom is 0.303 e. The molecule has 3 atom stereocenters. The third-order valence-corrected chi connectivity index (χ3v) is 5.89. The largest absolute Gasteiger partial charge is 0.481 e. The summed E-state index contributed by atoms with van der Waals surface area (Å²) in [7, 11) is 0. The fourth-order valence-corrected chi connectivity index (χ4v) is 4.54. The molecule has 2 heterocycles. The van der Waals surface area contributed by atoms with Gasteiger partial charge in [0.1, 0.15) is 0 Å². The maximum absolute atomic E-state index is 12.5. The van der Waals surface area contributed by atoms with E-state index in [-0.39, 0.29) is 17.6 Å². The minimum atomic E-state index is -0.733. The summed E-state index contributed by atoms with van der Waals surface area (Å²) in [5, 5.41) is 9.06. The van der Waals surface area contributed by atoms with Crippen LogP contribution in [0.2, 0.25) is 0 Å². The smallest absolute Gasteiger partial charge is 0.303 e. The second kappa shape index (κ2) is 7.34. The molecule has 3 unspecified atom stereocenters. The summed E-state index contributed by atoms with van der Waals surface area (Å²) < 4.78 is 0. The van der Waals surface area contributed by atoms with Gasteiger partial charge in [-0.05, 0) is 43.3 Å². The Morgan fingerprint density at radius 3 is 2.75 bits per heavy atom. The first-order chi connectivity index (χ1) is 9.58. The number of nitrogens with zero attached hydrogens (tertiary/aromatic N) is 1. The molecular weight excluding hydrogens is 274 g/mol. The molecule has 5 heteroatoms. The van der Waals surface area contributed by atoms with Crippen LogP contribution in [0.3, 0.4) is 0 Å². The van der Waals surface area contributed by atoms with Crippen LogP contribution in [-0.2, 0) is 9.59 Å². The van der Waals surface area contributed by atoms with Crippen molar-refractivity contribution >= 4 is 23.6 Å². The zero-order valence-electron chi connectivity index (χ0n) is 12.2. The van der Waals surface area contributed by atoms with E-state index >= 15 is 0 Å². The van der Waals surface area contributed by atoms with E-state index in [9.17, 15) is 9.59 Å². The Kier molecular flexibility index (Phi) is 5.75. The number of thioether (sulfide) groups is 1. The van der Waals surface area contributed by atoms with Crippen molar-refractivity contribution in [3.05, 3.63) is 0 Å². The van der Waals surface area contributed by atoms with Gasteiger partial charge in [0.2, 0.25) is 5.91 Å². The van der Waals surface area contributed by atoms with Crippen molar-refractivity contribution in [3.63, 3.8) is 0 Å². The van der Waals surface area contributed by atoms with Gasteiger partial charge in [-0.2, -0.15) is 0 Å². The van der Waals surface area contributed by atoms with Crippen LogP contribution in [0.4, 0.5) is 0 Å². The highest BCUT2D eigenvalue weighted by atomic mass is 32.2. The maximum atomic E-state index is 12.5. The minimum absolute atomic E-state index is 0.150. The van der Waals surface area contributed by atoms with Crippen LogP contribution in [-0.4, -0.2) is 46.0 Å². The number of amides is 1. The monoisotopic (exact) mass is 299 g/mol. The van der Waals surface area contributed by atoms with Gasteiger partial charge in [-0.3, -0.25) is 9.59 Å². The summed E-state index contributed by atoms with van der Waals surface area (Å²) in [5.41, 5.74) is 0. The number of likely N-dealkylation sites (tertiary alicyclic amines) is 1. The lowest BCUT2D eigenvalue weighted by Crippen LogP contribution is -2.46. The quantitative estimate of drug-likeness (QED) is 0.867. The van der Waals surface area contributed by atoms with Crippen LogP contribution in [0.1, 0.15) is 45.4 Å². The average Bonchev–Trinajstić information content (AvgIpc) is 2.47. The highest BCUT2D eigenvalue weighted by Gasteiger charge is 2.32. The molecule has 0 saturated carbocycles. The van der Waals surface area contributed by atoms with Gasteiger partial charge >= 0.3 is 5.97 Å². The Balaban J connectivity index is 1.88. The molecule has 0 aliphatic carbocycles. The second-order valence-electron chi connectivity index (χ2n) is 6.12. The van der Waals surface area contributed by atoms with Gasteiger partial charge in [0.05, 0.1) is 5.25 Å². The van der Waals surface area contributed by atoms with E-state index in [4.69, 9.17) is 5.11 Å². The number of hydrogen-bond donors (Lipinski definition) is 1. The predicted octanol–water partition coefficient (Wildman–Crippen LogP) is 2.62. The molecule has 0 bridgehead atoms. The van der Waals surface area contributed by atoms with Crippen molar-refractivity contribution in [3.8, 4) is 0 Å². The molecule has 2 saturated heterocycles. The Morgan fingerprint density at radius 1 is 1.30 bits per heavy atom. The molecule has 0 aromatic heterocycles. The fourth-order valence-electron chi connectivity index (χ4n) is 3.26. The van der Waals surface area contributed by atoms with Gasteiger partial charge in [0.25, 0.3) is 0 Å². The zero-order valence-corrected chi connectivity index (χ0v) is 13.0. The topological polar surface area (TPSA) is 57.6 Å². The molecule has 1 amide bonds. The molecule has 2 aliphatic heterocycles. The molecule has 1 N–H and O–H groups in total. The fraction of sp³-hybridized carbons (Fsp3) is 0.867. The molecule has 0 aromatic rings. The molecule has 2 rings (SSSR count). The Bertz CT molecular complexity index is 355. The third-order valence-electron chi connectivity index (χ3n) is 4.53. The lowest BCUT2D eigenvalue weighted by Gasteiger charge is -2.37.